The van der Waals surface area contributed by atoms with E-state index < -0.39 is 0 Å². The van der Waals surface area contributed by atoms with Gasteiger partial charge in [0.1, 0.15) is 0 Å². The van der Waals surface area contributed by atoms with E-state index in [-0.39, 0.29) is 0 Å². The zero-order valence-electron chi connectivity index (χ0n) is 13.7. The summed E-state index contributed by atoms with van der Waals surface area (Å²) >= 11 is 1.71. The van der Waals surface area contributed by atoms with Gasteiger partial charge in [-0.15, -0.1) is 0 Å². The smallest absolute Gasteiger partial charge is 0.191 e. The van der Waals surface area contributed by atoms with Crippen molar-refractivity contribution in [3.8, 4) is 0 Å². The van der Waals surface area contributed by atoms with Crippen LogP contribution in [0.25, 0.3) is 0 Å². The van der Waals surface area contributed by atoms with E-state index in [4.69, 9.17) is 4.74 Å². The van der Waals surface area contributed by atoms with Crippen LogP contribution in [-0.4, -0.2) is 31.8 Å². The van der Waals surface area contributed by atoms with Crippen LogP contribution in [0.15, 0.2) is 21.8 Å². The zero-order valence-corrected chi connectivity index (χ0v) is 14.5. The molecule has 21 heavy (non-hydrogen) atoms. The number of guanidine groups is 1. The van der Waals surface area contributed by atoms with Crippen molar-refractivity contribution in [2.24, 2.45) is 10.9 Å². The molecule has 0 spiro atoms. The highest BCUT2D eigenvalue weighted by Gasteiger charge is 2.12. The van der Waals surface area contributed by atoms with Crippen molar-refractivity contribution >= 4 is 17.3 Å². The summed E-state index contributed by atoms with van der Waals surface area (Å²) in [6.45, 7) is 11.8. The third-order valence-corrected chi connectivity index (χ3v) is 3.92. The standard InChI is InChI=1S/C16H29N3OS/c1-5-17-16(19-11-14-8-10-21-12-14)18-9-7-15(13(3)4)20-6-2/h8,10,12-13,15H,5-7,9,11H2,1-4H3,(H2,17,18,19). The van der Waals surface area contributed by atoms with Gasteiger partial charge in [0.05, 0.1) is 12.6 Å². The average Bonchev–Trinajstić information content (AvgIpc) is 2.96. The highest BCUT2D eigenvalue weighted by molar-refractivity contribution is 7.07. The summed E-state index contributed by atoms with van der Waals surface area (Å²) < 4.78 is 5.77. The lowest BCUT2D eigenvalue weighted by Gasteiger charge is -2.21. The molecule has 0 bridgehead atoms. The van der Waals surface area contributed by atoms with Crippen molar-refractivity contribution in [2.75, 3.05) is 19.7 Å². The predicted molar refractivity (Wildman–Crippen MR) is 92.0 cm³/mol. The average molecular weight is 311 g/mol. The van der Waals surface area contributed by atoms with E-state index in [2.05, 4.69) is 60.1 Å². The van der Waals surface area contributed by atoms with Gasteiger partial charge in [0, 0.05) is 19.7 Å². The first-order valence-electron chi connectivity index (χ1n) is 7.82. The van der Waals surface area contributed by atoms with Crippen molar-refractivity contribution in [1.82, 2.24) is 10.6 Å². The summed E-state index contributed by atoms with van der Waals surface area (Å²) in [7, 11) is 0. The van der Waals surface area contributed by atoms with Crippen molar-refractivity contribution in [1.29, 1.82) is 0 Å². The van der Waals surface area contributed by atoms with Crippen LogP contribution in [0.5, 0.6) is 0 Å². The third kappa shape index (κ3) is 7.48. The fourth-order valence-electron chi connectivity index (χ4n) is 2.05. The van der Waals surface area contributed by atoms with Crippen LogP contribution in [-0.2, 0) is 11.3 Å². The second-order valence-corrected chi connectivity index (χ2v) is 6.06. The van der Waals surface area contributed by atoms with Gasteiger partial charge in [-0.05, 0) is 48.6 Å². The number of ether oxygens (including phenoxy) is 1. The molecule has 0 saturated heterocycles. The molecule has 0 amide bonds. The summed E-state index contributed by atoms with van der Waals surface area (Å²) in [5, 5.41) is 10.9. The lowest BCUT2D eigenvalue weighted by Crippen LogP contribution is -2.39. The maximum absolute atomic E-state index is 5.77. The van der Waals surface area contributed by atoms with Crippen LogP contribution in [0.2, 0.25) is 0 Å². The topological polar surface area (TPSA) is 45.7 Å². The monoisotopic (exact) mass is 311 g/mol. The van der Waals surface area contributed by atoms with E-state index in [1.807, 2.05) is 0 Å². The van der Waals surface area contributed by atoms with Gasteiger partial charge in [0.25, 0.3) is 0 Å². The first kappa shape index (κ1) is 18.0. The molecule has 4 nitrogen and oxygen atoms in total. The Labute approximate surface area is 133 Å². The van der Waals surface area contributed by atoms with Gasteiger partial charge in [0.2, 0.25) is 0 Å². The van der Waals surface area contributed by atoms with Gasteiger partial charge < -0.3 is 15.4 Å². The quantitative estimate of drug-likeness (QED) is 0.543. The zero-order chi connectivity index (χ0) is 15.5. The minimum Gasteiger partial charge on any atom is -0.378 e. The maximum atomic E-state index is 5.77. The van der Waals surface area contributed by atoms with E-state index in [0.29, 0.717) is 12.0 Å². The SMILES string of the molecule is CCNC(=NCc1ccsc1)NCCC(OCC)C(C)C. The van der Waals surface area contributed by atoms with Crippen LogP contribution < -0.4 is 10.6 Å². The highest BCUT2D eigenvalue weighted by atomic mass is 32.1. The largest absolute Gasteiger partial charge is 0.378 e. The molecule has 1 aromatic heterocycles. The summed E-state index contributed by atoms with van der Waals surface area (Å²) in [5.41, 5.74) is 1.26. The van der Waals surface area contributed by atoms with Crippen molar-refractivity contribution in [2.45, 2.75) is 46.8 Å². The molecule has 1 atom stereocenters. The second kappa shape index (κ2) is 10.6. The van der Waals surface area contributed by atoms with Crippen LogP contribution >= 0.6 is 11.3 Å². The molecule has 2 N–H and O–H groups in total. The lowest BCUT2D eigenvalue weighted by molar-refractivity contribution is 0.0258. The van der Waals surface area contributed by atoms with Crippen LogP contribution in [0.3, 0.4) is 0 Å². The maximum Gasteiger partial charge on any atom is 0.191 e. The predicted octanol–water partition coefficient (Wildman–Crippen LogP) is 3.25. The first-order chi connectivity index (χ1) is 10.2. The summed E-state index contributed by atoms with van der Waals surface area (Å²) in [5.74, 6) is 1.42. The Morgan fingerprint density at radius 1 is 1.33 bits per heavy atom. The molecular weight excluding hydrogens is 282 g/mol. The van der Waals surface area contributed by atoms with Crippen LogP contribution in [0, 0.1) is 5.92 Å². The molecule has 5 heteroatoms. The lowest BCUT2D eigenvalue weighted by atomic mass is 10.0. The molecule has 1 heterocycles. The van der Waals surface area contributed by atoms with Crippen molar-refractivity contribution in [3.63, 3.8) is 0 Å². The number of nitrogens with zero attached hydrogens (tertiary/aromatic N) is 1. The third-order valence-electron chi connectivity index (χ3n) is 3.19. The van der Waals surface area contributed by atoms with Crippen LogP contribution in [0.4, 0.5) is 0 Å². The fourth-order valence-corrected chi connectivity index (χ4v) is 2.71. The highest BCUT2D eigenvalue weighted by Crippen LogP contribution is 2.10. The van der Waals surface area contributed by atoms with Gasteiger partial charge in [0.15, 0.2) is 5.96 Å². The minimum atomic E-state index is 0.308. The number of hydrogen-bond acceptors (Lipinski definition) is 3. The molecule has 1 unspecified atom stereocenters. The Kier molecular flexibility index (Phi) is 9.10. The molecule has 0 aliphatic heterocycles. The normalized spacial score (nSPS) is 13.5. The second-order valence-electron chi connectivity index (χ2n) is 5.28. The fraction of sp³-hybridized carbons (Fsp3) is 0.688. The van der Waals surface area contributed by atoms with Crippen LogP contribution in [0.1, 0.15) is 39.7 Å². The summed E-state index contributed by atoms with van der Waals surface area (Å²) in [6.07, 6.45) is 1.30. The molecule has 1 rings (SSSR count). The molecule has 0 radical (unpaired) electrons. The molecule has 0 aromatic carbocycles. The van der Waals surface area contributed by atoms with Gasteiger partial charge >= 0.3 is 0 Å². The molecule has 0 saturated carbocycles. The molecule has 0 aliphatic rings. The van der Waals surface area contributed by atoms with Crippen molar-refractivity contribution < 1.29 is 4.74 Å². The van der Waals surface area contributed by atoms with E-state index in [1.165, 1.54) is 5.56 Å². The Balaban J connectivity index is 2.41. The first-order valence-corrected chi connectivity index (χ1v) is 8.76. The number of hydrogen-bond donors (Lipinski definition) is 2. The molecule has 1 aromatic rings. The van der Waals surface area contributed by atoms with Gasteiger partial charge in [-0.1, -0.05) is 13.8 Å². The number of nitrogens with one attached hydrogen (secondary N) is 2. The Bertz CT molecular complexity index is 390. The molecule has 0 aliphatic carbocycles. The number of aliphatic imine (C=N–C) groups is 1. The molecule has 120 valence electrons. The van der Waals surface area contributed by atoms with Gasteiger partial charge in [-0.3, -0.25) is 0 Å². The Morgan fingerprint density at radius 3 is 2.71 bits per heavy atom. The summed E-state index contributed by atoms with van der Waals surface area (Å²) in [6, 6.07) is 2.11. The van der Waals surface area contributed by atoms with E-state index >= 15 is 0 Å². The molecule has 0 fully saturated rings. The van der Waals surface area contributed by atoms with E-state index in [0.717, 1.165) is 38.6 Å². The van der Waals surface area contributed by atoms with E-state index in [1.54, 1.807) is 11.3 Å². The Hall–Kier alpha value is -1.07. The Morgan fingerprint density at radius 2 is 2.14 bits per heavy atom. The number of rotatable bonds is 9. The van der Waals surface area contributed by atoms with Gasteiger partial charge in [-0.25, -0.2) is 4.99 Å². The minimum absolute atomic E-state index is 0.308. The molecular formula is C16H29N3OS. The number of thiophene rings is 1. The van der Waals surface area contributed by atoms with E-state index in [9.17, 15) is 0 Å². The summed E-state index contributed by atoms with van der Waals surface area (Å²) in [4.78, 5) is 4.60. The van der Waals surface area contributed by atoms with Crippen molar-refractivity contribution in [3.05, 3.63) is 22.4 Å². The van der Waals surface area contributed by atoms with Gasteiger partial charge in [-0.2, -0.15) is 11.3 Å².